The normalized spacial score (nSPS) is 11.4. The van der Waals surface area contributed by atoms with E-state index in [2.05, 4.69) is 40.4 Å². The summed E-state index contributed by atoms with van der Waals surface area (Å²) in [6, 6.07) is 0. The predicted octanol–water partition coefficient (Wildman–Crippen LogP) is 2.29. The van der Waals surface area contributed by atoms with Crippen LogP contribution in [0.2, 0.25) is 0 Å². The smallest absolute Gasteiger partial charge is 0.180 e. The zero-order valence-electron chi connectivity index (χ0n) is 11.9. The molecule has 3 aromatic heterocycles. The van der Waals surface area contributed by atoms with Gasteiger partial charge in [-0.3, -0.25) is 9.08 Å². The van der Waals surface area contributed by atoms with Crippen molar-refractivity contribution in [1.29, 1.82) is 0 Å². The quantitative estimate of drug-likeness (QED) is 0.790. The highest BCUT2D eigenvalue weighted by atomic mass is 15.3. The van der Waals surface area contributed by atoms with Gasteiger partial charge in [0.1, 0.15) is 0 Å². The molecule has 20 heavy (non-hydrogen) atoms. The van der Waals surface area contributed by atoms with Gasteiger partial charge >= 0.3 is 0 Å². The highest BCUT2D eigenvalue weighted by Crippen LogP contribution is 2.22. The number of nitrogens with zero attached hydrogens (tertiary/aromatic N) is 5. The molecule has 0 fully saturated rings. The zero-order chi connectivity index (χ0) is 14.1. The molecule has 3 heterocycles. The summed E-state index contributed by atoms with van der Waals surface area (Å²) in [5.74, 6) is 1.35. The van der Waals surface area contributed by atoms with Crippen LogP contribution in [0.15, 0.2) is 31.0 Å². The van der Waals surface area contributed by atoms with Gasteiger partial charge in [0.05, 0.1) is 18.1 Å². The number of hydrogen-bond donors (Lipinski definition) is 1. The molecular weight excluding hydrogens is 252 g/mol. The molecule has 0 aliphatic carbocycles. The van der Waals surface area contributed by atoms with Gasteiger partial charge in [-0.15, -0.1) is 0 Å². The summed E-state index contributed by atoms with van der Waals surface area (Å²) in [5.41, 5.74) is 2.90. The van der Waals surface area contributed by atoms with E-state index in [1.807, 2.05) is 34.7 Å². The summed E-state index contributed by atoms with van der Waals surface area (Å²) in [7, 11) is 1.84. The molecule has 0 atom stereocenters. The Morgan fingerprint density at radius 3 is 2.85 bits per heavy atom. The van der Waals surface area contributed by atoms with Crippen molar-refractivity contribution in [2.45, 2.75) is 20.4 Å². The average Bonchev–Trinajstić information content (AvgIpc) is 3.03. The Morgan fingerprint density at radius 1 is 1.25 bits per heavy atom. The number of fused-ring (bicyclic) bond motifs is 1. The van der Waals surface area contributed by atoms with E-state index in [1.54, 1.807) is 6.20 Å². The fraction of sp³-hybridized carbons (Fsp3) is 0.357. The molecule has 0 amide bonds. The third kappa shape index (κ3) is 2.13. The van der Waals surface area contributed by atoms with Crippen LogP contribution in [0, 0.1) is 5.92 Å². The van der Waals surface area contributed by atoms with Crippen molar-refractivity contribution >= 4 is 11.5 Å². The first kappa shape index (κ1) is 12.7. The minimum atomic E-state index is 0.574. The Kier molecular flexibility index (Phi) is 3.14. The number of rotatable bonds is 4. The lowest BCUT2D eigenvalue weighted by molar-refractivity contribution is 0.483. The highest BCUT2D eigenvalue weighted by Gasteiger charge is 2.11. The largest absolute Gasteiger partial charge is 0.370 e. The van der Waals surface area contributed by atoms with Crippen molar-refractivity contribution in [1.82, 2.24) is 24.1 Å². The number of hydrogen-bond acceptors (Lipinski definition) is 4. The summed E-state index contributed by atoms with van der Waals surface area (Å²) in [6.07, 6.45) is 9.48. The van der Waals surface area contributed by atoms with Crippen LogP contribution in [-0.2, 0) is 6.54 Å². The average molecular weight is 270 g/mol. The fourth-order valence-corrected chi connectivity index (χ4v) is 2.28. The molecule has 3 aromatic rings. The molecule has 0 saturated carbocycles. The van der Waals surface area contributed by atoms with E-state index in [0.29, 0.717) is 5.92 Å². The van der Waals surface area contributed by atoms with Gasteiger partial charge in [-0.25, -0.2) is 9.97 Å². The van der Waals surface area contributed by atoms with Crippen molar-refractivity contribution in [3.8, 4) is 11.3 Å². The fourth-order valence-electron chi connectivity index (χ4n) is 2.28. The van der Waals surface area contributed by atoms with Crippen LogP contribution in [0.5, 0.6) is 0 Å². The Labute approximate surface area is 117 Å². The van der Waals surface area contributed by atoms with Gasteiger partial charge in [-0.05, 0) is 5.92 Å². The molecule has 6 heteroatoms. The van der Waals surface area contributed by atoms with Gasteiger partial charge in [-0.2, -0.15) is 5.10 Å². The molecule has 3 rings (SSSR count). The van der Waals surface area contributed by atoms with Crippen LogP contribution in [-0.4, -0.2) is 31.2 Å². The lowest BCUT2D eigenvalue weighted by Gasteiger charge is -2.04. The third-order valence-electron chi connectivity index (χ3n) is 3.15. The van der Waals surface area contributed by atoms with Crippen LogP contribution in [0.25, 0.3) is 16.9 Å². The van der Waals surface area contributed by atoms with Gasteiger partial charge in [-0.1, -0.05) is 13.8 Å². The van der Waals surface area contributed by atoms with E-state index in [0.717, 1.165) is 29.3 Å². The number of anilines is 1. The minimum absolute atomic E-state index is 0.574. The van der Waals surface area contributed by atoms with Crippen molar-refractivity contribution in [3.63, 3.8) is 0 Å². The second-order valence-electron chi connectivity index (χ2n) is 5.21. The summed E-state index contributed by atoms with van der Waals surface area (Å²) >= 11 is 0. The van der Waals surface area contributed by atoms with Crippen molar-refractivity contribution in [2.75, 3.05) is 12.4 Å². The lowest BCUT2D eigenvalue weighted by Crippen LogP contribution is -2.04. The second-order valence-corrected chi connectivity index (χ2v) is 5.21. The van der Waals surface area contributed by atoms with Gasteiger partial charge < -0.3 is 5.32 Å². The zero-order valence-corrected chi connectivity index (χ0v) is 11.9. The monoisotopic (exact) mass is 270 g/mol. The Hall–Kier alpha value is -2.37. The van der Waals surface area contributed by atoms with Gasteiger partial charge in [0.15, 0.2) is 11.5 Å². The van der Waals surface area contributed by atoms with E-state index in [9.17, 15) is 0 Å². The topological polar surface area (TPSA) is 60.0 Å². The summed E-state index contributed by atoms with van der Waals surface area (Å²) in [5, 5.41) is 7.46. The molecule has 0 saturated heterocycles. The minimum Gasteiger partial charge on any atom is -0.370 e. The molecule has 0 radical (unpaired) electrons. The molecule has 0 aliphatic rings. The number of nitrogens with one attached hydrogen (secondary N) is 1. The molecular formula is C14H18N6. The summed E-state index contributed by atoms with van der Waals surface area (Å²) in [6.45, 7) is 5.28. The maximum absolute atomic E-state index is 4.44. The number of aromatic nitrogens is 5. The molecule has 104 valence electrons. The standard InChI is InChI=1S/C14H18N6/c1-10(2)8-19-9-11(6-18-19)12-7-17-14-13(15-3)16-4-5-20(12)14/h4-7,9-10H,8H2,1-3H3,(H,15,16). The van der Waals surface area contributed by atoms with E-state index in [-0.39, 0.29) is 0 Å². The van der Waals surface area contributed by atoms with Crippen molar-refractivity contribution < 1.29 is 0 Å². The Bertz CT molecular complexity index is 724. The first-order chi connectivity index (χ1) is 9.69. The highest BCUT2D eigenvalue weighted by molar-refractivity contribution is 5.69. The maximum atomic E-state index is 4.44. The molecule has 0 aromatic carbocycles. The van der Waals surface area contributed by atoms with Crippen molar-refractivity contribution in [3.05, 3.63) is 31.0 Å². The van der Waals surface area contributed by atoms with Crippen LogP contribution in [0.3, 0.4) is 0 Å². The SMILES string of the molecule is CNc1nccn2c(-c3cnn(CC(C)C)c3)cnc12. The third-order valence-corrected chi connectivity index (χ3v) is 3.15. The number of imidazole rings is 1. The Balaban J connectivity index is 2.04. The first-order valence-electron chi connectivity index (χ1n) is 6.71. The van der Waals surface area contributed by atoms with E-state index >= 15 is 0 Å². The molecule has 1 N–H and O–H groups in total. The predicted molar refractivity (Wildman–Crippen MR) is 78.6 cm³/mol. The summed E-state index contributed by atoms with van der Waals surface area (Å²) < 4.78 is 4.00. The maximum Gasteiger partial charge on any atom is 0.180 e. The second kappa shape index (κ2) is 4.96. The molecule has 0 unspecified atom stereocenters. The molecule has 0 spiro atoms. The lowest BCUT2D eigenvalue weighted by atomic mass is 10.2. The van der Waals surface area contributed by atoms with Crippen LogP contribution in [0.1, 0.15) is 13.8 Å². The Morgan fingerprint density at radius 2 is 2.10 bits per heavy atom. The van der Waals surface area contributed by atoms with E-state index in [4.69, 9.17) is 0 Å². The van der Waals surface area contributed by atoms with Crippen molar-refractivity contribution in [2.24, 2.45) is 5.92 Å². The van der Waals surface area contributed by atoms with Crippen LogP contribution < -0.4 is 5.32 Å². The van der Waals surface area contributed by atoms with Gasteiger partial charge in [0.25, 0.3) is 0 Å². The molecule has 6 nitrogen and oxygen atoms in total. The van der Waals surface area contributed by atoms with Gasteiger partial charge in [0, 0.05) is 37.7 Å². The molecule has 0 bridgehead atoms. The van der Waals surface area contributed by atoms with Crippen LogP contribution in [0.4, 0.5) is 5.82 Å². The molecule has 0 aliphatic heterocycles. The van der Waals surface area contributed by atoms with E-state index in [1.165, 1.54) is 0 Å². The summed E-state index contributed by atoms with van der Waals surface area (Å²) in [4.78, 5) is 8.70. The first-order valence-corrected chi connectivity index (χ1v) is 6.71. The van der Waals surface area contributed by atoms with Crippen LogP contribution >= 0.6 is 0 Å². The van der Waals surface area contributed by atoms with Gasteiger partial charge in [0.2, 0.25) is 0 Å². The van der Waals surface area contributed by atoms with E-state index < -0.39 is 0 Å².